The Morgan fingerprint density at radius 2 is 1.74 bits per heavy atom. The Kier molecular flexibility index (Phi) is 9.00. The van der Waals surface area contributed by atoms with Crippen molar-refractivity contribution in [3.05, 3.63) is 83.4 Å². The van der Waals surface area contributed by atoms with Crippen molar-refractivity contribution in [1.82, 2.24) is 10.4 Å². The highest BCUT2D eigenvalue weighted by Crippen LogP contribution is 2.28. The number of rotatable bonds is 10. The number of benzene rings is 3. The lowest BCUT2D eigenvalue weighted by atomic mass is 10.1. The summed E-state index contributed by atoms with van der Waals surface area (Å²) in [6, 6.07) is 18.9. The average Bonchev–Trinajstić information content (AvgIpc) is 3.17. The van der Waals surface area contributed by atoms with Gasteiger partial charge in [0.1, 0.15) is 17.5 Å². The largest absolute Gasteiger partial charge is 0.497 e. The van der Waals surface area contributed by atoms with Gasteiger partial charge < -0.3 is 14.8 Å². The molecule has 4 rings (SSSR count). The van der Waals surface area contributed by atoms with Crippen LogP contribution in [0.5, 0.6) is 11.5 Å². The van der Waals surface area contributed by atoms with Gasteiger partial charge in [-0.05, 0) is 85.4 Å². The van der Waals surface area contributed by atoms with E-state index in [2.05, 4.69) is 10.7 Å². The van der Waals surface area contributed by atoms with E-state index in [1.807, 2.05) is 6.92 Å². The summed E-state index contributed by atoms with van der Waals surface area (Å²) in [6.07, 6.45) is 0.614. The third kappa shape index (κ3) is 6.65. The molecule has 3 amide bonds. The number of thiocarbonyl (C=S) groups is 1. The second-order valence-electron chi connectivity index (χ2n) is 8.62. The molecule has 1 aliphatic heterocycles. The molecule has 1 fully saturated rings. The maximum absolute atomic E-state index is 13.6. The summed E-state index contributed by atoms with van der Waals surface area (Å²) in [4.78, 5) is 41.0. The van der Waals surface area contributed by atoms with Crippen molar-refractivity contribution in [1.29, 1.82) is 0 Å². The minimum Gasteiger partial charge on any atom is -0.497 e. The molecule has 2 N–H and O–H groups in total. The third-order valence-corrected chi connectivity index (χ3v) is 6.47. The van der Waals surface area contributed by atoms with Gasteiger partial charge in [-0.25, -0.2) is 5.01 Å². The number of ether oxygens (including phenoxy) is 2. The molecule has 0 aliphatic carbocycles. The Morgan fingerprint density at radius 3 is 2.41 bits per heavy atom. The Balaban J connectivity index is 1.55. The van der Waals surface area contributed by atoms with Crippen LogP contribution in [0.3, 0.4) is 0 Å². The molecule has 1 atom stereocenters. The van der Waals surface area contributed by atoms with E-state index < -0.39 is 23.8 Å². The van der Waals surface area contributed by atoms with Crippen molar-refractivity contribution in [2.24, 2.45) is 0 Å². The van der Waals surface area contributed by atoms with Gasteiger partial charge in [0, 0.05) is 16.3 Å². The molecule has 0 saturated carbocycles. The molecule has 0 aromatic heterocycles. The van der Waals surface area contributed by atoms with E-state index in [1.54, 1.807) is 72.8 Å². The first-order valence-corrected chi connectivity index (χ1v) is 13.0. The van der Waals surface area contributed by atoms with Crippen LogP contribution in [0.15, 0.2) is 72.8 Å². The molecular weight excluding hydrogens is 540 g/mol. The van der Waals surface area contributed by atoms with Gasteiger partial charge in [-0.3, -0.25) is 24.7 Å². The Morgan fingerprint density at radius 1 is 1.03 bits per heavy atom. The number of amides is 3. The number of hydrogen-bond acceptors (Lipinski definition) is 6. The molecule has 9 nitrogen and oxygen atoms in total. The van der Waals surface area contributed by atoms with Crippen LogP contribution < -0.4 is 25.1 Å². The molecule has 3 aromatic rings. The summed E-state index contributed by atoms with van der Waals surface area (Å²) >= 11 is 11.6. The number of anilines is 2. The van der Waals surface area contributed by atoms with Crippen molar-refractivity contribution >= 4 is 58.0 Å². The van der Waals surface area contributed by atoms with Crippen LogP contribution in [0, 0.1) is 0 Å². The maximum atomic E-state index is 13.6. The fraction of sp³-hybridized carbons (Fsp3) is 0.214. The van der Waals surface area contributed by atoms with Crippen LogP contribution in [0.1, 0.15) is 30.1 Å². The zero-order valence-corrected chi connectivity index (χ0v) is 22.9. The lowest BCUT2D eigenvalue weighted by molar-refractivity contribution is -0.124. The molecule has 1 unspecified atom stereocenters. The molecule has 1 saturated heterocycles. The molecule has 0 radical (unpaired) electrons. The van der Waals surface area contributed by atoms with Crippen LogP contribution in [-0.2, 0) is 9.59 Å². The summed E-state index contributed by atoms with van der Waals surface area (Å²) in [5.74, 6) is -0.234. The summed E-state index contributed by atoms with van der Waals surface area (Å²) in [5.41, 5.74) is 3.99. The average molecular weight is 567 g/mol. The lowest BCUT2D eigenvalue weighted by Crippen LogP contribution is -2.49. The fourth-order valence-corrected chi connectivity index (χ4v) is 4.40. The highest BCUT2D eigenvalue weighted by molar-refractivity contribution is 7.80. The van der Waals surface area contributed by atoms with E-state index in [4.69, 9.17) is 33.3 Å². The molecule has 11 heteroatoms. The predicted octanol–water partition coefficient (Wildman–Crippen LogP) is 4.81. The summed E-state index contributed by atoms with van der Waals surface area (Å²) in [5, 5.41) is 4.54. The zero-order chi connectivity index (χ0) is 27.9. The smallest absolute Gasteiger partial charge is 0.270 e. The van der Waals surface area contributed by atoms with Gasteiger partial charge in [0.15, 0.2) is 0 Å². The first kappa shape index (κ1) is 27.9. The van der Waals surface area contributed by atoms with Crippen LogP contribution in [0.25, 0.3) is 0 Å². The summed E-state index contributed by atoms with van der Waals surface area (Å²) in [6.45, 7) is 2.61. The van der Waals surface area contributed by atoms with E-state index in [0.717, 1.165) is 6.42 Å². The van der Waals surface area contributed by atoms with E-state index in [-0.39, 0.29) is 11.5 Å². The normalized spacial score (nSPS) is 14.8. The zero-order valence-electron chi connectivity index (χ0n) is 21.3. The Labute approximate surface area is 236 Å². The van der Waals surface area contributed by atoms with E-state index >= 15 is 0 Å². The Hall–Kier alpha value is -4.15. The number of nitrogens with zero attached hydrogens (tertiary/aromatic N) is 2. The predicted molar refractivity (Wildman–Crippen MR) is 153 cm³/mol. The van der Waals surface area contributed by atoms with Crippen molar-refractivity contribution in [3.63, 3.8) is 0 Å². The van der Waals surface area contributed by atoms with Gasteiger partial charge in [-0.2, -0.15) is 0 Å². The first-order chi connectivity index (χ1) is 18.8. The van der Waals surface area contributed by atoms with E-state index in [0.29, 0.717) is 40.1 Å². The molecule has 1 aliphatic rings. The number of hydrogen-bond donors (Lipinski definition) is 2. The molecule has 3 aromatic carbocycles. The molecule has 0 bridgehead atoms. The van der Waals surface area contributed by atoms with Gasteiger partial charge >= 0.3 is 0 Å². The molecule has 0 spiro atoms. The first-order valence-electron chi connectivity index (χ1n) is 12.2. The second-order valence-corrected chi connectivity index (χ2v) is 9.42. The van der Waals surface area contributed by atoms with Crippen molar-refractivity contribution in [2.75, 3.05) is 23.9 Å². The number of carbonyl (C=O) groups excluding carboxylic acids is 3. The minimum absolute atomic E-state index is 0.0220. The topological polar surface area (TPSA) is 100 Å². The van der Waals surface area contributed by atoms with Crippen LogP contribution in [0.2, 0.25) is 5.02 Å². The highest BCUT2D eigenvalue weighted by Gasteiger charge is 2.45. The van der Waals surface area contributed by atoms with Gasteiger partial charge in [-0.15, -0.1) is 0 Å². The van der Waals surface area contributed by atoms with Gasteiger partial charge in [0.2, 0.25) is 11.0 Å². The Bertz CT molecular complexity index is 1370. The molecular formula is C28H27ClN4O5S. The van der Waals surface area contributed by atoms with Crippen LogP contribution >= 0.6 is 23.8 Å². The van der Waals surface area contributed by atoms with Crippen LogP contribution in [-0.4, -0.2) is 47.6 Å². The standard InChI is InChI=1S/C28H27ClN4O5S/c1-3-15-38-22-13-9-20(10-14-22)30-25(34)17-24-27(36)32(21-11-7-19(29)8-12-21)28(39)33(24)31-26(35)18-5-4-6-23(16-18)37-2/h4-14,16,24H,3,15,17H2,1-2H3,(H,30,34)(H,31,35). The lowest BCUT2D eigenvalue weighted by Gasteiger charge is -2.24. The quantitative estimate of drug-likeness (QED) is 0.340. The number of methoxy groups -OCH3 is 1. The molecule has 1 heterocycles. The van der Waals surface area contributed by atoms with Gasteiger partial charge in [0.25, 0.3) is 11.8 Å². The van der Waals surface area contributed by atoms with Gasteiger partial charge in [0.05, 0.1) is 25.8 Å². The number of carbonyl (C=O) groups is 3. The summed E-state index contributed by atoms with van der Waals surface area (Å²) in [7, 11) is 1.50. The minimum atomic E-state index is -1.09. The number of halogens is 1. The fourth-order valence-electron chi connectivity index (χ4n) is 3.91. The van der Waals surface area contributed by atoms with E-state index in [1.165, 1.54) is 17.0 Å². The van der Waals surface area contributed by atoms with E-state index in [9.17, 15) is 14.4 Å². The van der Waals surface area contributed by atoms with Crippen molar-refractivity contribution < 1.29 is 23.9 Å². The second kappa shape index (κ2) is 12.6. The summed E-state index contributed by atoms with van der Waals surface area (Å²) < 4.78 is 10.8. The van der Waals surface area contributed by atoms with Crippen molar-refractivity contribution in [2.45, 2.75) is 25.8 Å². The van der Waals surface area contributed by atoms with Crippen molar-refractivity contribution in [3.8, 4) is 11.5 Å². The van der Waals surface area contributed by atoms with Gasteiger partial charge in [-0.1, -0.05) is 24.6 Å². The monoisotopic (exact) mass is 566 g/mol. The van der Waals surface area contributed by atoms with Crippen LogP contribution in [0.4, 0.5) is 11.4 Å². The third-order valence-electron chi connectivity index (χ3n) is 5.84. The molecule has 39 heavy (non-hydrogen) atoms. The number of nitrogens with one attached hydrogen (secondary N) is 2. The maximum Gasteiger partial charge on any atom is 0.270 e. The highest BCUT2D eigenvalue weighted by atomic mass is 35.5. The SMILES string of the molecule is CCCOc1ccc(NC(=O)CC2C(=O)N(c3ccc(Cl)cc3)C(=S)N2NC(=O)c2cccc(OC)c2)cc1. The molecule has 202 valence electrons. The number of hydrazine groups is 1.